The number of hydrogen-bond donors (Lipinski definition) is 1. The standard InChI is InChI=1S/C21H22Cl2N4O3S/c1-31(29,30)25-14-8-11-26(12-9-14)13-18-24-20(17-7-2-3-10-27(17)18)21(28)15-5-4-6-16(22)19(15)23/h2-7,10,14,25H,8-9,11-13H2,1H3. The molecule has 1 saturated heterocycles. The minimum atomic E-state index is -3.21. The largest absolute Gasteiger partial charge is 0.302 e. The topological polar surface area (TPSA) is 83.8 Å². The minimum Gasteiger partial charge on any atom is -0.302 e. The van der Waals surface area contributed by atoms with Gasteiger partial charge >= 0.3 is 0 Å². The summed E-state index contributed by atoms with van der Waals surface area (Å²) in [5, 5.41) is 0.537. The van der Waals surface area contributed by atoms with E-state index in [9.17, 15) is 13.2 Å². The Morgan fingerprint density at radius 2 is 1.90 bits per heavy atom. The number of fused-ring (bicyclic) bond motifs is 1. The lowest BCUT2D eigenvalue weighted by molar-refractivity contribution is 0.103. The zero-order valence-electron chi connectivity index (χ0n) is 16.9. The molecule has 1 N–H and O–H groups in total. The van der Waals surface area contributed by atoms with Crippen LogP contribution in [-0.4, -0.2) is 53.9 Å². The fraction of sp³-hybridized carbons (Fsp3) is 0.333. The monoisotopic (exact) mass is 480 g/mol. The number of imidazole rings is 1. The Balaban J connectivity index is 1.58. The van der Waals surface area contributed by atoms with Gasteiger partial charge < -0.3 is 4.40 Å². The minimum absolute atomic E-state index is 0.0506. The van der Waals surface area contributed by atoms with Crippen LogP contribution in [0.25, 0.3) is 5.52 Å². The van der Waals surface area contributed by atoms with E-state index in [4.69, 9.17) is 23.2 Å². The Bertz CT molecular complexity index is 1230. The number of rotatable bonds is 6. The van der Waals surface area contributed by atoms with Gasteiger partial charge in [0.25, 0.3) is 0 Å². The maximum Gasteiger partial charge on any atom is 0.215 e. The number of sulfonamides is 1. The van der Waals surface area contributed by atoms with E-state index in [1.54, 1.807) is 18.2 Å². The first-order valence-corrected chi connectivity index (χ1v) is 12.5. The van der Waals surface area contributed by atoms with Crippen LogP contribution in [0.5, 0.6) is 0 Å². The van der Waals surface area contributed by atoms with Crippen molar-refractivity contribution in [3.05, 3.63) is 69.7 Å². The number of carbonyl (C=O) groups excluding carboxylic acids is 1. The lowest BCUT2D eigenvalue weighted by Crippen LogP contribution is -2.44. The molecule has 164 valence electrons. The van der Waals surface area contributed by atoms with E-state index in [0.717, 1.165) is 31.8 Å². The van der Waals surface area contributed by atoms with Gasteiger partial charge in [-0.3, -0.25) is 9.69 Å². The van der Waals surface area contributed by atoms with Crippen LogP contribution in [0.4, 0.5) is 0 Å². The van der Waals surface area contributed by atoms with Crippen molar-refractivity contribution in [1.29, 1.82) is 0 Å². The van der Waals surface area contributed by atoms with Gasteiger partial charge in [-0.15, -0.1) is 0 Å². The van der Waals surface area contributed by atoms with Gasteiger partial charge in [0.15, 0.2) is 0 Å². The number of pyridine rings is 1. The van der Waals surface area contributed by atoms with Crippen LogP contribution in [0.15, 0.2) is 42.6 Å². The van der Waals surface area contributed by atoms with Crippen molar-refractivity contribution in [1.82, 2.24) is 19.0 Å². The number of nitrogens with one attached hydrogen (secondary N) is 1. The highest BCUT2D eigenvalue weighted by Crippen LogP contribution is 2.28. The van der Waals surface area contributed by atoms with Gasteiger partial charge in [0.05, 0.1) is 28.4 Å². The van der Waals surface area contributed by atoms with Gasteiger partial charge in [0.2, 0.25) is 15.8 Å². The molecule has 1 fully saturated rings. The first-order chi connectivity index (χ1) is 14.7. The van der Waals surface area contributed by atoms with Crippen molar-refractivity contribution in [2.75, 3.05) is 19.3 Å². The van der Waals surface area contributed by atoms with Gasteiger partial charge in [-0.1, -0.05) is 35.3 Å². The molecule has 0 atom stereocenters. The van der Waals surface area contributed by atoms with Crippen molar-refractivity contribution >= 4 is 44.5 Å². The second-order valence-corrected chi connectivity index (χ2v) is 10.3. The summed E-state index contributed by atoms with van der Waals surface area (Å²) in [7, 11) is -3.21. The summed E-state index contributed by atoms with van der Waals surface area (Å²) in [6.07, 6.45) is 4.51. The smallest absolute Gasteiger partial charge is 0.215 e. The van der Waals surface area contributed by atoms with E-state index < -0.39 is 10.0 Å². The summed E-state index contributed by atoms with van der Waals surface area (Å²) in [5.74, 6) is 0.463. The Labute approximate surface area is 191 Å². The molecule has 0 aliphatic carbocycles. The predicted octanol–water partition coefficient (Wildman–Crippen LogP) is 3.39. The maximum atomic E-state index is 13.2. The third kappa shape index (κ3) is 4.94. The van der Waals surface area contributed by atoms with Crippen molar-refractivity contribution in [2.24, 2.45) is 0 Å². The second-order valence-electron chi connectivity index (χ2n) is 7.70. The predicted molar refractivity (Wildman–Crippen MR) is 121 cm³/mol. The molecule has 10 heteroatoms. The summed E-state index contributed by atoms with van der Waals surface area (Å²) < 4.78 is 27.5. The molecule has 0 unspecified atom stereocenters. The third-order valence-corrected chi connectivity index (χ3v) is 6.95. The molecule has 0 saturated carbocycles. The number of carbonyl (C=O) groups is 1. The molecule has 1 aliphatic heterocycles. The molecule has 0 spiro atoms. The average Bonchev–Trinajstić information content (AvgIpc) is 3.08. The van der Waals surface area contributed by atoms with Gasteiger partial charge in [-0.05, 0) is 37.1 Å². The van der Waals surface area contributed by atoms with Gasteiger partial charge in [0.1, 0.15) is 11.5 Å². The molecular formula is C21H22Cl2N4O3S. The summed E-state index contributed by atoms with van der Waals surface area (Å²) in [4.78, 5) is 20.1. The van der Waals surface area contributed by atoms with E-state index in [0.29, 0.717) is 28.3 Å². The fourth-order valence-electron chi connectivity index (χ4n) is 3.90. The quantitative estimate of drug-likeness (QED) is 0.546. The number of piperidine rings is 1. The first-order valence-electron chi connectivity index (χ1n) is 9.87. The number of ketones is 1. The molecule has 1 aliphatic rings. The van der Waals surface area contributed by atoms with Crippen LogP contribution in [0.1, 0.15) is 34.7 Å². The number of nitrogens with zero attached hydrogens (tertiary/aromatic N) is 3. The Hall–Kier alpha value is -1.97. The Kier molecular flexibility index (Phi) is 6.37. The van der Waals surface area contributed by atoms with Crippen LogP contribution in [0.3, 0.4) is 0 Å². The van der Waals surface area contributed by atoms with Crippen LogP contribution in [0, 0.1) is 0 Å². The average molecular weight is 481 g/mol. The molecule has 4 rings (SSSR count). The van der Waals surface area contributed by atoms with Crippen LogP contribution in [0.2, 0.25) is 10.0 Å². The molecule has 0 amide bonds. The molecule has 3 heterocycles. The number of hydrogen-bond acceptors (Lipinski definition) is 5. The normalized spacial score (nSPS) is 16.1. The van der Waals surface area contributed by atoms with E-state index in [1.165, 1.54) is 6.26 Å². The van der Waals surface area contributed by atoms with E-state index in [-0.39, 0.29) is 16.8 Å². The summed E-state index contributed by atoms with van der Waals surface area (Å²) >= 11 is 12.4. The third-order valence-electron chi connectivity index (χ3n) is 5.37. The van der Waals surface area contributed by atoms with E-state index >= 15 is 0 Å². The second kappa shape index (κ2) is 8.88. The lowest BCUT2D eigenvalue weighted by Gasteiger charge is -2.31. The summed E-state index contributed by atoms with van der Waals surface area (Å²) in [6, 6.07) is 10.5. The molecule has 2 aromatic heterocycles. The summed E-state index contributed by atoms with van der Waals surface area (Å²) in [6.45, 7) is 2.02. The highest BCUT2D eigenvalue weighted by molar-refractivity contribution is 7.88. The van der Waals surface area contributed by atoms with Gasteiger partial charge in [-0.25, -0.2) is 18.1 Å². The highest BCUT2D eigenvalue weighted by Gasteiger charge is 2.25. The van der Waals surface area contributed by atoms with Gasteiger partial charge in [0, 0.05) is 30.9 Å². The van der Waals surface area contributed by atoms with Crippen molar-refractivity contribution < 1.29 is 13.2 Å². The summed E-state index contributed by atoms with van der Waals surface area (Å²) in [5.41, 5.74) is 1.35. The van der Waals surface area contributed by atoms with Crippen molar-refractivity contribution in [3.8, 4) is 0 Å². The maximum absolute atomic E-state index is 13.2. The number of likely N-dealkylation sites (tertiary alicyclic amines) is 1. The SMILES string of the molecule is CS(=O)(=O)NC1CCN(Cc2nc(C(=O)c3cccc(Cl)c3Cl)c3ccccn23)CC1. The zero-order chi connectivity index (χ0) is 22.2. The molecular weight excluding hydrogens is 459 g/mol. The first kappa shape index (κ1) is 22.2. The molecule has 3 aromatic rings. The van der Waals surface area contributed by atoms with Crippen molar-refractivity contribution in [2.45, 2.75) is 25.4 Å². The molecule has 1 aromatic carbocycles. The van der Waals surface area contributed by atoms with Crippen LogP contribution < -0.4 is 4.72 Å². The van der Waals surface area contributed by atoms with Gasteiger partial charge in [-0.2, -0.15) is 0 Å². The lowest BCUT2D eigenvalue weighted by atomic mass is 10.1. The molecule has 0 bridgehead atoms. The fourth-order valence-corrected chi connectivity index (χ4v) is 5.13. The Morgan fingerprint density at radius 1 is 1.16 bits per heavy atom. The Morgan fingerprint density at radius 3 is 2.61 bits per heavy atom. The molecule has 7 nitrogen and oxygen atoms in total. The molecule has 31 heavy (non-hydrogen) atoms. The van der Waals surface area contributed by atoms with Crippen LogP contribution in [-0.2, 0) is 16.6 Å². The number of benzene rings is 1. The van der Waals surface area contributed by atoms with E-state index in [2.05, 4.69) is 14.6 Å². The van der Waals surface area contributed by atoms with Crippen molar-refractivity contribution in [3.63, 3.8) is 0 Å². The number of halogens is 2. The zero-order valence-corrected chi connectivity index (χ0v) is 19.2. The van der Waals surface area contributed by atoms with E-state index in [1.807, 2.05) is 28.8 Å². The van der Waals surface area contributed by atoms with Crippen LogP contribution >= 0.6 is 23.2 Å². The highest BCUT2D eigenvalue weighted by atomic mass is 35.5. The number of aromatic nitrogens is 2. The molecule has 0 radical (unpaired) electrons.